The lowest BCUT2D eigenvalue weighted by Gasteiger charge is -2.46. The maximum absolute atomic E-state index is 12.5. The number of benzene rings is 1. The molecule has 4 aliphatic heterocycles. The summed E-state index contributed by atoms with van der Waals surface area (Å²) in [5, 5.41) is 93.0. The van der Waals surface area contributed by atoms with E-state index in [1.165, 1.54) is 6.92 Å². The van der Waals surface area contributed by atoms with Crippen LogP contribution in [-0.2, 0) is 28.4 Å². The summed E-state index contributed by atoms with van der Waals surface area (Å²) in [6.45, 7) is 0.149. The first-order valence-electron chi connectivity index (χ1n) is 15.7. The average molecular weight is 690 g/mol. The van der Waals surface area contributed by atoms with E-state index in [0.29, 0.717) is 11.1 Å². The zero-order valence-corrected chi connectivity index (χ0v) is 26.0. The number of ether oxygens (including phenoxy) is 6. The highest BCUT2D eigenvalue weighted by atomic mass is 16.7. The zero-order chi connectivity index (χ0) is 34.9. The third kappa shape index (κ3) is 7.43. The maximum atomic E-state index is 12.5. The van der Waals surface area contributed by atoms with Crippen LogP contribution >= 0.6 is 0 Å². The molecule has 4 aliphatic rings. The fraction of sp³-hybridized carbons (Fsp3) is 0.733. The summed E-state index contributed by atoms with van der Waals surface area (Å²) in [7, 11) is 0. The molecule has 0 radical (unpaired) electrons. The van der Waals surface area contributed by atoms with Crippen LogP contribution in [0, 0.1) is 0 Å². The Bertz CT molecular complexity index is 1220. The molecule has 9 N–H and O–H groups in total. The molecule has 0 aliphatic carbocycles. The van der Waals surface area contributed by atoms with Crippen LogP contribution in [0.5, 0.6) is 0 Å². The molecule has 1 aromatic rings. The van der Waals surface area contributed by atoms with E-state index in [-0.39, 0.29) is 26.2 Å². The molecule has 48 heavy (non-hydrogen) atoms. The quantitative estimate of drug-likeness (QED) is 0.0736. The van der Waals surface area contributed by atoms with Gasteiger partial charge in [0.15, 0.2) is 12.6 Å². The molecule has 3 fully saturated rings. The fourth-order valence-corrected chi connectivity index (χ4v) is 6.10. The van der Waals surface area contributed by atoms with Gasteiger partial charge in [0.05, 0.1) is 37.1 Å². The zero-order valence-electron chi connectivity index (χ0n) is 26.0. The van der Waals surface area contributed by atoms with Crippen molar-refractivity contribution in [3.05, 3.63) is 35.4 Å². The number of aliphatic hydroxyl groups excluding tert-OH is 9. The number of imide groups is 1. The minimum absolute atomic E-state index is 0.0579. The summed E-state index contributed by atoms with van der Waals surface area (Å²) in [5.74, 6) is -0.803. The number of carbonyl (C=O) groups excluding carboxylic acids is 2. The van der Waals surface area contributed by atoms with E-state index < -0.39 is 117 Å². The van der Waals surface area contributed by atoms with Crippen molar-refractivity contribution in [2.45, 2.75) is 105 Å². The Kier molecular flexibility index (Phi) is 12.2. The van der Waals surface area contributed by atoms with Gasteiger partial charge < -0.3 is 74.4 Å². The summed E-state index contributed by atoms with van der Waals surface area (Å²) in [6, 6.07) is 6.49. The molecule has 0 aromatic heterocycles. The number of amides is 2. The predicted octanol–water partition coefficient (Wildman–Crippen LogP) is -4.79. The van der Waals surface area contributed by atoms with Crippen LogP contribution < -0.4 is 0 Å². The number of nitrogens with zero attached hydrogens (tertiary/aromatic N) is 1. The monoisotopic (exact) mass is 689 g/mol. The van der Waals surface area contributed by atoms with Crippen molar-refractivity contribution in [2.24, 2.45) is 0 Å². The highest BCUT2D eigenvalue weighted by molar-refractivity contribution is 6.21. The Hall–Kier alpha value is -2.24. The van der Waals surface area contributed by atoms with Gasteiger partial charge in [-0.2, -0.15) is 0 Å². The standard InChI is InChI=1S/C30H43NO17/c1-12-18(33)26(48-30-25(40)22(37)19(34)15(9-32)46-30)21(36)17(45-12)11-44-29-24(39)23(38)20(35)16(47-29)10-43-8-4-7-31-27(41)13-5-2-3-6-14(13)28(31)42/h2-3,5-6,12,15-26,29-30,32-40H,4,7-11H2,1H3. The van der Waals surface area contributed by atoms with E-state index in [1.54, 1.807) is 24.3 Å². The van der Waals surface area contributed by atoms with Crippen LogP contribution in [0.3, 0.4) is 0 Å². The van der Waals surface area contributed by atoms with Gasteiger partial charge >= 0.3 is 0 Å². The van der Waals surface area contributed by atoms with Gasteiger partial charge in [-0.1, -0.05) is 12.1 Å². The minimum atomic E-state index is -1.80. The highest BCUT2D eigenvalue weighted by Crippen LogP contribution is 2.30. The average Bonchev–Trinajstić information content (AvgIpc) is 3.32. The van der Waals surface area contributed by atoms with Crippen LogP contribution in [0.25, 0.3) is 0 Å². The van der Waals surface area contributed by atoms with E-state index in [4.69, 9.17) is 28.4 Å². The molecule has 15 unspecified atom stereocenters. The third-order valence-electron chi connectivity index (χ3n) is 8.99. The van der Waals surface area contributed by atoms with Crippen molar-refractivity contribution in [3.63, 3.8) is 0 Å². The Labute approximate surface area is 274 Å². The van der Waals surface area contributed by atoms with Crippen molar-refractivity contribution in [1.82, 2.24) is 4.90 Å². The fourth-order valence-electron chi connectivity index (χ4n) is 6.10. The van der Waals surface area contributed by atoms with Crippen LogP contribution in [0.15, 0.2) is 24.3 Å². The second-order valence-corrected chi connectivity index (χ2v) is 12.2. The van der Waals surface area contributed by atoms with Crippen molar-refractivity contribution in [3.8, 4) is 0 Å². The van der Waals surface area contributed by atoms with Gasteiger partial charge in [-0.15, -0.1) is 0 Å². The molecule has 3 saturated heterocycles. The first kappa shape index (κ1) is 37.0. The molecule has 1 aromatic carbocycles. The van der Waals surface area contributed by atoms with E-state index in [9.17, 15) is 55.5 Å². The number of hydrogen-bond donors (Lipinski definition) is 9. The second-order valence-electron chi connectivity index (χ2n) is 12.2. The first-order valence-corrected chi connectivity index (χ1v) is 15.7. The number of hydrogen-bond acceptors (Lipinski definition) is 17. The molecule has 18 nitrogen and oxygen atoms in total. The largest absolute Gasteiger partial charge is 0.394 e. The summed E-state index contributed by atoms with van der Waals surface area (Å²) in [5.41, 5.74) is 0.656. The summed E-state index contributed by atoms with van der Waals surface area (Å²) >= 11 is 0. The maximum Gasteiger partial charge on any atom is 0.261 e. The number of carbonyl (C=O) groups is 2. The molecular weight excluding hydrogens is 646 g/mol. The molecule has 18 heteroatoms. The lowest BCUT2D eigenvalue weighted by Crippen LogP contribution is -2.64. The van der Waals surface area contributed by atoms with Gasteiger partial charge in [-0.3, -0.25) is 14.5 Å². The Morgan fingerprint density at radius 2 is 1.25 bits per heavy atom. The molecule has 2 amide bonds. The van der Waals surface area contributed by atoms with Crippen molar-refractivity contribution < 1.29 is 84.0 Å². The Balaban J connectivity index is 1.12. The minimum Gasteiger partial charge on any atom is -0.394 e. The van der Waals surface area contributed by atoms with Gasteiger partial charge in [-0.05, 0) is 25.5 Å². The van der Waals surface area contributed by atoms with Gasteiger partial charge in [0, 0.05) is 13.2 Å². The smallest absolute Gasteiger partial charge is 0.261 e. The Morgan fingerprint density at radius 3 is 1.88 bits per heavy atom. The molecule has 0 bridgehead atoms. The van der Waals surface area contributed by atoms with E-state index >= 15 is 0 Å². The van der Waals surface area contributed by atoms with Gasteiger partial charge in [0.2, 0.25) is 0 Å². The van der Waals surface area contributed by atoms with Gasteiger partial charge in [0.25, 0.3) is 11.8 Å². The van der Waals surface area contributed by atoms with Crippen molar-refractivity contribution in [2.75, 3.05) is 33.0 Å². The summed E-state index contributed by atoms with van der Waals surface area (Å²) in [4.78, 5) is 26.2. The van der Waals surface area contributed by atoms with Gasteiger partial charge in [0.1, 0.15) is 73.2 Å². The van der Waals surface area contributed by atoms with E-state index in [0.717, 1.165) is 4.90 Å². The van der Waals surface area contributed by atoms with E-state index in [1.807, 2.05) is 0 Å². The van der Waals surface area contributed by atoms with Crippen LogP contribution in [0.1, 0.15) is 34.1 Å². The SMILES string of the molecule is CC1OC(COC2OC(COCCCN3C(=O)c4ccccc4C3=O)C(O)C(O)C2O)C(O)C(OC2OC(CO)C(O)C(O)C2O)C1O. The van der Waals surface area contributed by atoms with Crippen LogP contribution in [-0.4, -0.2) is 188 Å². The molecule has 15 atom stereocenters. The molecule has 270 valence electrons. The number of rotatable bonds is 12. The summed E-state index contributed by atoms with van der Waals surface area (Å²) < 4.78 is 33.4. The second kappa shape index (κ2) is 15.8. The highest BCUT2D eigenvalue weighted by Gasteiger charge is 2.51. The Morgan fingerprint density at radius 1 is 0.688 bits per heavy atom. The molecule has 4 heterocycles. The lowest BCUT2D eigenvalue weighted by atomic mass is 9.94. The predicted molar refractivity (Wildman–Crippen MR) is 155 cm³/mol. The topological polar surface area (TPSA) is 275 Å². The van der Waals surface area contributed by atoms with Crippen molar-refractivity contribution in [1.29, 1.82) is 0 Å². The van der Waals surface area contributed by atoms with Crippen molar-refractivity contribution >= 4 is 11.8 Å². The molecule has 0 spiro atoms. The molecule has 5 rings (SSSR count). The number of fused-ring (bicyclic) bond motifs is 1. The molecule has 0 saturated carbocycles. The number of aliphatic hydroxyl groups is 9. The first-order chi connectivity index (χ1) is 22.8. The molecular formula is C30H43NO17. The van der Waals surface area contributed by atoms with Crippen LogP contribution in [0.2, 0.25) is 0 Å². The lowest BCUT2D eigenvalue weighted by molar-refractivity contribution is -0.346. The normalized spacial score (nSPS) is 41.9. The summed E-state index contributed by atoms with van der Waals surface area (Å²) in [6.07, 6.45) is -22.4. The third-order valence-corrected chi connectivity index (χ3v) is 8.99. The van der Waals surface area contributed by atoms with Crippen LogP contribution in [0.4, 0.5) is 0 Å². The van der Waals surface area contributed by atoms with E-state index in [2.05, 4.69) is 0 Å². The van der Waals surface area contributed by atoms with Gasteiger partial charge in [-0.25, -0.2) is 0 Å².